The van der Waals surface area contributed by atoms with Gasteiger partial charge in [0.2, 0.25) is 0 Å². The first-order valence-electron chi connectivity index (χ1n) is 4.28. The highest BCUT2D eigenvalue weighted by molar-refractivity contribution is 5.85. The van der Waals surface area contributed by atoms with Crippen molar-refractivity contribution in [2.75, 3.05) is 0 Å². The summed E-state index contributed by atoms with van der Waals surface area (Å²) in [5, 5.41) is 9.07. The highest BCUT2D eigenvalue weighted by Crippen LogP contribution is 2.40. The number of hydrogen-bond acceptors (Lipinski definition) is 2. The monoisotopic (exact) mass is 295 g/mol. The van der Waals surface area contributed by atoms with Gasteiger partial charge in [0.05, 0.1) is 11.6 Å². The SMILES string of the molecule is Cl.N[C@@H](c1c(C(F)(F)F)ccc(F)c1O)C(F)F. The van der Waals surface area contributed by atoms with E-state index < -0.39 is 41.3 Å². The van der Waals surface area contributed by atoms with Crippen molar-refractivity contribution >= 4 is 12.4 Å². The number of rotatable bonds is 2. The molecule has 18 heavy (non-hydrogen) atoms. The number of nitrogens with two attached hydrogens (primary N) is 1. The Morgan fingerprint density at radius 2 is 1.67 bits per heavy atom. The van der Waals surface area contributed by atoms with Crippen LogP contribution in [-0.2, 0) is 6.18 Å². The molecule has 0 aliphatic heterocycles. The van der Waals surface area contributed by atoms with E-state index in [4.69, 9.17) is 10.8 Å². The zero-order chi connectivity index (χ0) is 13.4. The predicted molar refractivity (Wildman–Crippen MR) is 53.2 cm³/mol. The molecular formula is C9H8ClF6NO. The number of hydrogen-bond donors (Lipinski definition) is 2. The van der Waals surface area contributed by atoms with Crippen LogP contribution in [0.25, 0.3) is 0 Å². The molecule has 3 N–H and O–H groups in total. The molecule has 0 aromatic heterocycles. The van der Waals surface area contributed by atoms with E-state index in [0.29, 0.717) is 6.07 Å². The van der Waals surface area contributed by atoms with Gasteiger partial charge >= 0.3 is 6.18 Å². The van der Waals surface area contributed by atoms with Crippen LogP contribution in [0.3, 0.4) is 0 Å². The van der Waals surface area contributed by atoms with Crippen LogP contribution in [-0.4, -0.2) is 11.5 Å². The minimum absolute atomic E-state index is 0. The third kappa shape index (κ3) is 3.20. The quantitative estimate of drug-likeness (QED) is 0.823. The van der Waals surface area contributed by atoms with E-state index in [9.17, 15) is 26.3 Å². The molecule has 0 aliphatic carbocycles. The van der Waals surface area contributed by atoms with Crippen LogP contribution in [0.5, 0.6) is 5.75 Å². The van der Waals surface area contributed by atoms with Gasteiger partial charge in [0.15, 0.2) is 11.6 Å². The van der Waals surface area contributed by atoms with Crippen LogP contribution < -0.4 is 5.73 Å². The average Bonchev–Trinajstić information content (AvgIpc) is 2.19. The van der Waals surface area contributed by atoms with E-state index in [0.717, 1.165) is 0 Å². The standard InChI is InChI=1S/C9H7F6NO.ClH/c10-4-2-1-3(9(13,14)15)5(7(4)17)6(16)8(11)12;/h1-2,6,8,17H,16H2;1H/t6-;/m0./s1. The van der Waals surface area contributed by atoms with E-state index in [1.54, 1.807) is 0 Å². The van der Waals surface area contributed by atoms with Gasteiger partial charge in [-0.15, -0.1) is 12.4 Å². The molecule has 0 unspecified atom stereocenters. The Morgan fingerprint density at radius 1 is 1.17 bits per heavy atom. The summed E-state index contributed by atoms with van der Waals surface area (Å²) in [5.74, 6) is -2.95. The lowest BCUT2D eigenvalue weighted by atomic mass is 9.99. The number of phenolic OH excluding ortho intramolecular Hbond substituents is 1. The summed E-state index contributed by atoms with van der Waals surface area (Å²) in [6.07, 6.45) is -8.36. The topological polar surface area (TPSA) is 46.2 Å². The zero-order valence-corrected chi connectivity index (χ0v) is 9.33. The van der Waals surface area contributed by atoms with Crippen LogP contribution in [0.15, 0.2) is 12.1 Å². The molecule has 2 nitrogen and oxygen atoms in total. The lowest BCUT2D eigenvalue weighted by Gasteiger charge is -2.19. The largest absolute Gasteiger partial charge is 0.505 e. The van der Waals surface area contributed by atoms with E-state index in [2.05, 4.69) is 0 Å². The maximum atomic E-state index is 12.9. The van der Waals surface area contributed by atoms with E-state index >= 15 is 0 Å². The molecule has 0 radical (unpaired) electrons. The van der Waals surface area contributed by atoms with E-state index in [-0.39, 0.29) is 18.5 Å². The van der Waals surface area contributed by atoms with Crippen molar-refractivity contribution in [3.63, 3.8) is 0 Å². The molecule has 0 saturated carbocycles. The Kier molecular flexibility index (Phi) is 5.30. The van der Waals surface area contributed by atoms with Gasteiger partial charge in [-0.3, -0.25) is 0 Å². The minimum atomic E-state index is -5.01. The second kappa shape index (κ2) is 5.66. The number of aromatic hydroxyl groups is 1. The van der Waals surface area contributed by atoms with Gasteiger partial charge in [-0.2, -0.15) is 13.2 Å². The molecule has 0 bridgehead atoms. The van der Waals surface area contributed by atoms with Gasteiger partial charge in [0, 0.05) is 5.56 Å². The summed E-state index contributed by atoms with van der Waals surface area (Å²) in [7, 11) is 0. The molecule has 9 heteroatoms. The third-order valence-corrected chi connectivity index (χ3v) is 2.08. The molecule has 0 amide bonds. The summed E-state index contributed by atoms with van der Waals surface area (Å²) < 4.78 is 74.7. The molecule has 0 spiro atoms. The van der Waals surface area contributed by atoms with E-state index in [1.807, 2.05) is 0 Å². The molecule has 1 rings (SSSR count). The summed E-state index contributed by atoms with van der Waals surface area (Å²) >= 11 is 0. The maximum Gasteiger partial charge on any atom is 0.416 e. The van der Waals surface area contributed by atoms with Crippen LogP contribution in [0.2, 0.25) is 0 Å². The Hall–Kier alpha value is -1.15. The lowest BCUT2D eigenvalue weighted by molar-refractivity contribution is -0.138. The van der Waals surface area contributed by atoms with Crippen molar-refractivity contribution in [1.82, 2.24) is 0 Å². The van der Waals surface area contributed by atoms with Gasteiger partial charge in [-0.05, 0) is 12.1 Å². The molecule has 104 valence electrons. The summed E-state index contributed by atoms with van der Waals surface area (Å²) in [5.41, 5.74) is 1.91. The fourth-order valence-electron chi connectivity index (χ4n) is 1.29. The number of benzene rings is 1. The smallest absolute Gasteiger partial charge is 0.416 e. The van der Waals surface area contributed by atoms with Crippen molar-refractivity contribution in [2.45, 2.75) is 18.6 Å². The van der Waals surface area contributed by atoms with Crippen molar-refractivity contribution in [3.8, 4) is 5.75 Å². The fraction of sp³-hybridized carbons (Fsp3) is 0.333. The Bertz CT molecular complexity index is 422. The molecule has 1 aromatic carbocycles. The third-order valence-electron chi connectivity index (χ3n) is 2.08. The van der Waals surface area contributed by atoms with Gasteiger partial charge in [0.1, 0.15) is 0 Å². The first-order chi connectivity index (χ1) is 7.66. The van der Waals surface area contributed by atoms with Crippen LogP contribution in [0.4, 0.5) is 26.3 Å². The normalized spacial score (nSPS) is 13.3. The van der Waals surface area contributed by atoms with Gasteiger partial charge in [0.25, 0.3) is 6.43 Å². The predicted octanol–water partition coefficient (Wildman–Crippen LogP) is 3.24. The molecular weight excluding hydrogens is 288 g/mol. The van der Waals surface area contributed by atoms with Gasteiger partial charge in [-0.25, -0.2) is 13.2 Å². The zero-order valence-electron chi connectivity index (χ0n) is 8.51. The second-order valence-electron chi connectivity index (χ2n) is 3.22. The number of halogens is 7. The summed E-state index contributed by atoms with van der Waals surface area (Å²) in [6, 6.07) is -1.82. The van der Waals surface area contributed by atoms with Crippen molar-refractivity contribution < 1.29 is 31.4 Å². The van der Waals surface area contributed by atoms with E-state index in [1.165, 1.54) is 0 Å². The summed E-state index contributed by atoms with van der Waals surface area (Å²) in [4.78, 5) is 0. The van der Waals surface area contributed by atoms with Crippen molar-refractivity contribution in [3.05, 3.63) is 29.1 Å². The van der Waals surface area contributed by atoms with Crippen molar-refractivity contribution in [2.24, 2.45) is 5.73 Å². The maximum absolute atomic E-state index is 12.9. The number of phenols is 1. The molecule has 0 aliphatic rings. The van der Waals surface area contributed by atoms with Crippen LogP contribution in [0.1, 0.15) is 17.2 Å². The molecule has 1 atom stereocenters. The van der Waals surface area contributed by atoms with Gasteiger partial charge in [-0.1, -0.05) is 0 Å². The average molecular weight is 296 g/mol. The molecule has 1 aromatic rings. The summed E-state index contributed by atoms with van der Waals surface area (Å²) in [6.45, 7) is 0. The first-order valence-corrected chi connectivity index (χ1v) is 4.28. The van der Waals surface area contributed by atoms with Crippen LogP contribution in [0, 0.1) is 5.82 Å². The molecule has 0 heterocycles. The van der Waals surface area contributed by atoms with Gasteiger partial charge < -0.3 is 10.8 Å². The Morgan fingerprint density at radius 3 is 2.06 bits per heavy atom. The van der Waals surface area contributed by atoms with Crippen LogP contribution >= 0.6 is 12.4 Å². The Balaban J connectivity index is 0.00000289. The minimum Gasteiger partial charge on any atom is -0.505 e. The lowest BCUT2D eigenvalue weighted by Crippen LogP contribution is -2.23. The molecule has 0 fully saturated rings. The second-order valence-corrected chi connectivity index (χ2v) is 3.22. The number of alkyl halides is 5. The highest BCUT2D eigenvalue weighted by Gasteiger charge is 2.38. The highest BCUT2D eigenvalue weighted by atomic mass is 35.5. The van der Waals surface area contributed by atoms with Crippen molar-refractivity contribution in [1.29, 1.82) is 0 Å². The Labute approximate surface area is 104 Å². The first kappa shape index (κ1) is 16.9. The fourth-order valence-corrected chi connectivity index (χ4v) is 1.29. The molecule has 0 saturated heterocycles.